The van der Waals surface area contributed by atoms with Crippen molar-refractivity contribution < 1.29 is 9.53 Å². The number of rotatable bonds is 4. The summed E-state index contributed by atoms with van der Waals surface area (Å²) in [6.45, 7) is 3.99. The highest BCUT2D eigenvalue weighted by atomic mass is 16.5. The van der Waals surface area contributed by atoms with E-state index in [0.29, 0.717) is 12.5 Å². The van der Waals surface area contributed by atoms with Crippen molar-refractivity contribution in [3.8, 4) is 11.1 Å². The van der Waals surface area contributed by atoms with Crippen LogP contribution in [0.5, 0.6) is 0 Å². The number of ether oxygens (including phenoxy) is 1. The van der Waals surface area contributed by atoms with Gasteiger partial charge in [-0.1, -0.05) is 48.5 Å². The number of anilines is 1. The summed E-state index contributed by atoms with van der Waals surface area (Å²) in [6.07, 6.45) is 2.12. The van der Waals surface area contributed by atoms with Crippen LogP contribution in [0.25, 0.3) is 11.1 Å². The maximum atomic E-state index is 12.3. The van der Waals surface area contributed by atoms with Gasteiger partial charge in [0.05, 0.1) is 12.3 Å². The van der Waals surface area contributed by atoms with Gasteiger partial charge in [-0.25, -0.2) is 4.79 Å². The molecular weight excluding hydrogens is 312 g/mol. The van der Waals surface area contributed by atoms with E-state index in [9.17, 15) is 4.79 Å². The second kappa shape index (κ2) is 7.28. The van der Waals surface area contributed by atoms with Crippen LogP contribution in [0.1, 0.15) is 12.8 Å². The number of benzene rings is 2. The van der Waals surface area contributed by atoms with E-state index in [2.05, 4.69) is 10.2 Å². The molecule has 1 unspecified atom stereocenters. The summed E-state index contributed by atoms with van der Waals surface area (Å²) in [5.74, 6) is 1.20. The zero-order valence-electron chi connectivity index (χ0n) is 14.4. The Hall–Kier alpha value is -2.33. The average molecular weight is 336 g/mol. The van der Waals surface area contributed by atoms with Crippen molar-refractivity contribution in [2.45, 2.75) is 12.8 Å². The molecule has 0 aliphatic carbocycles. The molecule has 0 aromatic heterocycles. The third-order valence-corrected chi connectivity index (χ3v) is 5.47. The number of fused-ring (bicyclic) bond motifs is 3. The van der Waals surface area contributed by atoms with Gasteiger partial charge in [0.1, 0.15) is 0 Å². The van der Waals surface area contributed by atoms with Crippen LogP contribution in [0.4, 0.5) is 10.5 Å². The second-order valence-electron chi connectivity index (χ2n) is 7.03. The van der Waals surface area contributed by atoms with Gasteiger partial charge in [0, 0.05) is 18.0 Å². The number of hydrogen-bond acceptors (Lipinski definition) is 3. The Labute approximate surface area is 148 Å². The lowest BCUT2D eigenvalue weighted by molar-refractivity contribution is 0.0151. The molecule has 3 heterocycles. The summed E-state index contributed by atoms with van der Waals surface area (Å²) in [6, 6.07) is 17.9. The second-order valence-corrected chi connectivity index (χ2v) is 7.03. The van der Waals surface area contributed by atoms with Crippen molar-refractivity contribution in [3.63, 3.8) is 0 Å². The van der Waals surface area contributed by atoms with E-state index in [1.807, 2.05) is 54.6 Å². The molecule has 3 saturated heterocycles. The van der Waals surface area contributed by atoms with Gasteiger partial charge in [-0.05, 0) is 43.5 Å². The quantitative estimate of drug-likeness (QED) is 0.908. The highest BCUT2D eigenvalue weighted by Crippen LogP contribution is 2.32. The van der Waals surface area contributed by atoms with Crippen molar-refractivity contribution in [2.75, 3.05) is 31.6 Å². The maximum Gasteiger partial charge on any atom is 0.411 e. The molecular formula is C21H24N2O2. The molecule has 3 aliphatic rings. The first-order chi connectivity index (χ1) is 12.3. The molecule has 0 radical (unpaired) electrons. The normalized spacial score (nSPS) is 24.7. The zero-order valence-corrected chi connectivity index (χ0v) is 14.4. The number of para-hydroxylation sites is 1. The van der Waals surface area contributed by atoms with Gasteiger partial charge in [0.2, 0.25) is 0 Å². The molecule has 1 amide bonds. The van der Waals surface area contributed by atoms with Crippen LogP contribution in [0.2, 0.25) is 0 Å². The fourth-order valence-corrected chi connectivity index (χ4v) is 4.07. The molecule has 5 rings (SSSR count). The van der Waals surface area contributed by atoms with Gasteiger partial charge in [0.15, 0.2) is 0 Å². The number of carbonyl (C=O) groups excluding carboxylic acids is 1. The average Bonchev–Trinajstić information content (AvgIpc) is 2.68. The molecule has 1 atom stereocenters. The molecule has 2 aromatic carbocycles. The van der Waals surface area contributed by atoms with Gasteiger partial charge < -0.3 is 9.64 Å². The maximum absolute atomic E-state index is 12.3. The van der Waals surface area contributed by atoms with E-state index in [0.717, 1.165) is 29.3 Å². The van der Waals surface area contributed by atoms with Crippen LogP contribution in [0, 0.1) is 11.8 Å². The Morgan fingerprint density at radius 1 is 1.04 bits per heavy atom. The van der Waals surface area contributed by atoms with Gasteiger partial charge in [-0.3, -0.25) is 5.32 Å². The highest BCUT2D eigenvalue weighted by Gasteiger charge is 2.34. The third kappa shape index (κ3) is 3.69. The summed E-state index contributed by atoms with van der Waals surface area (Å²) in [4.78, 5) is 14.8. The minimum atomic E-state index is -0.361. The molecule has 1 N–H and O–H groups in total. The zero-order chi connectivity index (χ0) is 17.1. The molecule has 25 heavy (non-hydrogen) atoms. The van der Waals surface area contributed by atoms with Crippen LogP contribution < -0.4 is 5.32 Å². The first-order valence-electron chi connectivity index (χ1n) is 9.10. The monoisotopic (exact) mass is 336 g/mol. The summed E-state index contributed by atoms with van der Waals surface area (Å²) in [5, 5.41) is 2.92. The van der Waals surface area contributed by atoms with Crippen molar-refractivity contribution in [3.05, 3.63) is 54.6 Å². The summed E-state index contributed by atoms with van der Waals surface area (Å²) in [7, 11) is 0. The Bertz CT molecular complexity index is 724. The number of amides is 1. The molecule has 2 bridgehead atoms. The van der Waals surface area contributed by atoms with Crippen LogP contribution in [-0.2, 0) is 4.74 Å². The Balaban J connectivity index is 1.38. The number of hydrogen-bond donors (Lipinski definition) is 1. The molecule has 3 aliphatic heterocycles. The Kier molecular flexibility index (Phi) is 4.70. The van der Waals surface area contributed by atoms with E-state index in [-0.39, 0.29) is 6.09 Å². The van der Waals surface area contributed by atoms with E-state index >= 15 is 0 Å². The first kappa shape index (κ1) is 16.2. The van der Waals surface area contributed by atoms with Crippen molar-refractivity contribution >= 4 is 11.8 Å². The number of nitrogens with one attached hydrogen (secondary N) is 1. The van der Waals surface area contributed by atoms with Crippen molar-refractivity contribution in [2.24, 2.45) is 11.8 Å². The standard InChI is InChI=1S/C21H24N2O2/c24-21(25-15-18-14-23-12-10-16(18)11-13-23)22-20-9-5-4-8-19(20)17-6-2-1-3-7-17/h1-9,16,18H,10-15H2,(H,22,24). The molecule has 4 heteroatoms. The lowest BCUT2D eigenvalue weighted by atomic mass is 9.79. The van der Waals surface area contributed by atoms with Crippen LogP contribution in [-0.4, -0.2) is 37.2 Å². The van der Waals surface area contributed by atoms with E-state index in [1.54, 1.807) is 0 Å². The molecule has 2 aromatic rings. The van der Waals surface area contributed by atoms with E-state index in [1.165, 1.54) is 25.9 Å². The van der Waals surface area contributed by atoms with Crippen molar-refractivity contribution in [1.82, 2.24) is 4.90 Å². The van der Waals surface area contributed by atoms with Gasteiger partial charge in [-0.2, -0.15) is 0 Å². The molecule has 3 fully saturated rings. The Morgan fingerprint density at radius 3 is 2.48 bits per heavy atom. The first-order valence-corrected chi connectivity index (χ1v) is 9.10. The topological polar surface area (TPSA) is 41.6 Å². The smallest absolute Gasteiger partial charge is 0.411 e. The number of piperidine rings is 3. The lowest BCUT2D eigenvalue weighted by Crippen LogP contribution is -2.49. The fraction of sp³-hybridized carbons (Fsp3) is 0.381. The highest BCUT2D eigenvalue weighted by molar-refractivity contribution is 5.91. The summed E-state index contributed by atoms with van der Waals surface area (Å²) in [5.41, 5.74) is 2.87. The summed E-state index contributed by atoms with van der Waals surface area (Å²) >= 11 is 0. The van der Waals surface area contributed by atoms with Gasteiger partial charge in [-0.15, -0.1) is 0 Å². The fourth-order valence-electron chi connectivity index (χ4n) is 4.07. The van der Waals surface area contributed by atoms with Crippen LogP contribution in [0.15, 0.2) is 54.6 Å². The lowest BCUT2D eigenvalue weighted by Gasteiger charge is -2.44. The largest absolute Gasteiger partial charge is 0.449 e. The minimum absolute atomic E-state index is 0.361. The minimum Gasteiger partial charge on any atom is -0.449 e. The molecule has 0 saturated carbocycles. The summed E-state index contributed by atoms with van der Waals surface area (Å²) < 4.78 is 5.55. The molecule has 130 valence electrons. The number of nitrogens with zero attached hydrogens (tertiary/aromatic N) is 1. The number of carbonyl (C=O) groups is 1. The predicted octanol–water partition coefficient (Wildman–Crippen LogP) is 4.24. The Morgan fingerprint density at radius 2 is 1.76 bits per heavy atom. The van der Waals surface area contributed by atoms with Crippen LogP contribution in [0.3, 0.4) is 0 Å². The van der Waals surface area contributed by atoms with E-state index < -0.39 is 0 Å². The van der Waals surface area contributed by atoms with Gasteiger partial charge in [0.25, 0.3) is 0 Å². The predicted molar refractivity (Wildman–Crippen MR) is 99.5 cm³/mol. The van der Waals surface area contributed by atoms with Gasteiger partial charge >= 0.3 is 6.09 Å². The third-order valence-electron chi connectivity index (χ3n) is 5.47. The SMILES string of the molecule is O=C(Nc1ccccc1-c1ccccc1)OCC1CN2CCC1CC2. The van der Waals surface area contributed by atoms with E-state index in [4.69, 9.17) is 4.74 Å². The molecule has 4 nitrogen and oxygen atoms in total. The van der Waals surface area contributed by atoms with Crippen LogP contribution >= 0.6 is 0 Å². The molecule has 0 spiro atoms. The van der Waals surface area contributed by atoms with Crippen molar-refractivity contribution in [1.29, 1.82) is 0 Å².